The van der Waals surface area contributed by atoms with Crippen LogP contribution in [0, 0.1) is 0 Å². The number of thiazole rings is 1. The van der Waals surface area contributed by atoms with Crippen LogP contribution >= 0.6 is 22.7 Å². The second kappa shape index (κ2) is 5.16. The Labute approximate surface area is 113 Å². The number of aromatic nitrogens is 1. The fourth-order valence-corrected chi connectivity index (χ4v) is 3.71. The minimum atomic E-state index is 0.144. The Hall–Kier alpha value is -1.27. The molecule has 0 aliphatic carbocycles. The smallest absolute Gasteiger partial charge is 0.0958 e. The first-order chi connectivity index (χ1) is 8.86. The number of thiophene rings is 1. The average molecular weight is 275 g/mol. The van der Waals surface area contributed by atoms with Gasteiger partial charge in [-0.25, -0.2) is 4.98 Å². The van der Waals surface area contributed by atoms with Crippen LogP contribution in [0.3, 0.4) is 0 Å². The lowest BCUT2D eigenvalue weighted by molar-refractivity contribution is 0.560. The standard InChI is InChI=1S/C13H13N3S2/c14-16-10(11-6-3-7-17-11)8-13-15-9-4-1-2-5-12(9)18-13/h1-7,10,16H,8,14H2. The highest BCUT2D eigenvalue weighted by Gasteiger charge is 2.14. The Balaban J connectivity index is 1.86. The average Bonchev–Trinajstić information content (AvgIpc) is 3.04. The second-order valence-electron chi connectivity index (χ2n) is 4.01. The molecule has 92 valence electrons. The van der Waals surface area contributed by atoms with Gasteiger partial charge in [0.15, 0.2) is 0 Å². The van der Waals surface area contributed by atoms with E-state index in [-0.39, 0.29) is 6.04 Å². The van der Waals surface area contributed by atoms with E-state index in [4.69, 9.17) is 5.84 Å². The molecule has 18 heavy (non-hydrogen) atoms. The van der Waals surface area contributed by atoms with Crippen molar-refractivity contribution >= 4 is 32.9 Å². The first-order valence-electron chi connectivity index (χ1n) is 5.71. The lowest BCUT2D eigenvalue weighted by atomic mass is 10.2. The molecule has 0 bridgehead atoms. The zero-order valence-corrected chi connectivity index (χ0v) is 11.3. The van der Waals surface area contributed by atoms with Crippen molar-refractivity contribution in [2.24, 2.45) is 5.84 Å². The van der Waals surface area contributed by atoms with E-state index < -0.39 is 0 Å². The Bertz CT molecular complexity index is 598. The third kappa shape index (κ3) is 2.30. The lowest BCUT2D eigenvalue weighted by Crippen LogP contribution is -2.28. The van der Waals surface area contributed by atoms with Gasteiger partial charge >= 0.3 is 0 Å². The first-order valence-corrected chi connectivity index (χ1v) is 7.40. The van der Waals surface area contributed by atoms with E-state index in [1.54, 1.807) is 22.7 Å². The van der Waals surface area contributed by atoms with Crippen LogP contribution in [-0.4, -0.2) is 4.98 Å². The van der Waals surface area contributed by atoms with E-state index in [9.17, 15) is 0 Å². The summed E-state index contributed by atoms with van der Waals surface area (Å²) in [7, 11) is 0. The summed E-state index contributed by atoms with van der Waals surface area (Å²) in [4.78, 5) is 5.88. The molecule has 3 nitrogen and oxygen atoms in total. The van der Waals surface area contributed by atoms with Gasteiger partial charge in [0.05, 0.1) is 21.3 Å². The molecule has 0 aliphatic rings. The van der Waals surface area contributed by atoms with Gasteiger partial charge in [0.2, 0.25) is 0 Å². The molecule has 3 aromatic rings. The van der Waals surface area contributed by atoms with E-state index in [0.29, 0.717) is 0 Å². The van der Waals surface area contributed by atoms with Crippen LogP contribution in [0.5, 0.6) is 0 Å². The summed E-state index contributed by atoms with van der Waals surface area (Å²) < 4.78 is 1.23. The monoisotopic (exact) mass is 275 g/mol. The van der Waals surface area contributed by atoms with Gasteiger partial charge in [-0.15, -0.1) is 22.7 Å². The fraction of sp³-hybridized carbons (Fsp3) is 0.154. The van der Waals surface area contributed by atoms with Gasteiger partial charge in [0.1, 0.15) is 0 Å². The van der Waals surface area contributed by atoms with E-state index in [2.05, 4.69) is 27.9 Å². The van der Waals surface area contributed by atoms with Crippen LogP contribution in [0.1, 0.15) is 15.9 Å². The topological polar surface area (TPSA) is 50.9 Å². The van der Waals surface area contributed by atoms with Gasteiger partial charge in [-0.2, -0.15) is 0 Å². The fourth-order valence-electron chi connectivity index (χ4n) is 1.91. The number of nitrogens with zero attached hydrogens (tertiary/aromatic N) is 1. The zero-order valence-electron chi connectivity index (χ0n) is 9.67. The number of benzene rings is 1. The van der Waals surface area contributed by atoms with Crippen molar-refractivity contribution in [3.05, 3.63) is 51.7 Å². The number of nitrogens with one attached hydrogen (secondary N) is 1. The number of fused-ring (bicyclic) bond motifs is 1. The van der Waals surface area contributed by atoms with Crippen molar-refractivity contribution in [3.8, 4) is 0 Å². The van der Waals surface area contributed by atoms with Crippen LogP contribution in [0.15, 0.2) is 41.8 Å². The Kier molecular flexibility index (Phi) is 3.38. The Morgan fingerprint density at radius 2 is 2.11 bits per heavy atom. The summed E-state index contributed by atoms with van der Waals surface area (Å²) in [5.74, 6) is 5.64. The summed E-state index contributed by atoms with van der Waals surface area (Å²) >= 11 is 3.45. The van der Waals surface area contributed by atoms with Crippen LogP contribution in [-0.2, 0) is 6.42 Å². The molecular formula is C13H13N3S2. The number of hydrogen-bond acceptors (Lipinski definition) is 5. The normalized spacial score (nSPS) is 12.9. The predicted octanol–water partition coefficient (Wildman–Crippen LogP) is 3.10. The highest BCUT2D eigenvalue weighted by atomic mass is 32.1. The molecule has 5 heteroatoms. The molecule has 0 aliphatic heterocycles. The van der Waals surface area contributed by atoms with Gasteiger partial charge < -0.3 is 0 Å². The van der Waals surface area contributed by atoms with Gasteiger partial charge in [-0.1, -0.05) is 18.2 Å². The van der Waals surface area contributed by atoms with Gasteiger partial charge in [0, 0.05) is 11.3 Å². The van der Waals surface area contributed by atoms with Crippen molar-refractivity contribution in [3.63, 3.8) is 0 Å². The number of hydrazine groups is 1. The molecule has 0 radical (unpaired) electrons. The quantitative estimate of drug-likeness (QED) is 0.568. The molecule has 1 unspecified atom stereocenters. The number of rotatable bonds is 4. The largest absolute Gasteiger partial charge is 0.271 e. The number of para-hydroxylation sites is 1. The highest BCUT2D eigenvalue weighted by Crippen LogP contribution is 2.27. The summed E-state index contributed by atoms with van der Waals surface area (Å²) in [5.41, 5.74) is 3.94. The third-order valence-corrected chi connectivity index (χ3v) is 4.85. The molecule has 0 saturated carbocycles. The van der Waals surface area contributed by atoms with Gasteiger partial charge in [-0.3, -0.25) is 11.3 Å². The minimum absolute atomic E-state index is 0.144. The van der Waals surface area contributed by atoms with Crippen molar-refractivity contribution in [2.45, 2.75) is 12.5 Å². The molecule has 3 N–H and O–H groups in total. The molecule has 0 fully saturated rings. The minimum Gasteiger partial charge on any atom is -0.271 e. The molecule has 0 saturated heterocycles. The maximum atomic E-state index is 5.64. The van der Waals surface area contributed by atoms with E-state index >= 15 is 0 Å². The summed E-state index contributed by atoms with van der Waals surface area (Å²) in [6.45, 7) is 0. The predicted molar refractivity (Wildman–Crippen MR) is 77.7 cm³/mol. The second-order valence-corrected chi connectivity index (χ2v) is 6.11. The third-order valence-electron chi connectivity index (χ3n) is 2.80. The molecule has 1 atom stereocenters. The van der Waals surface area contributed by atoms with E-state index in [1.165, 1.54) is 9.58 Å². The molecule has 3 rings (SSSR count). The van der Waals surface area contributed by atoms with Crippen molar-refractivity contribution in [2.75, 3.05) is 0 Å². The van der Waals surface area contributed by atoms with E-state index in [1.807, 2.05) is 24.3 Å². The summed E-state index contributed by atoms with van der Waals surface area (Å²) in [6, 6.07) is 12.5. The van der Waals surface area contributed by atoms with Crippen LogP contribution in [0.2, 0.25) is 0 Å². The lowest BCUT2D eigenvalue weighted by Gasteiger charge is -2.11. The van der Waals surface area contributed by atoms with Crippen molar-refractivity contribution in [1.82, 2.24) is 10.4 Å². The number of nitrogens with two attached hydrogens (primary N) is 1. The molecule has 0 spiro atoms. The molecule has 0 amide bonds. The van der Waals surface area contributed by atoms with Crippen LogP contribution < -0.4 is 11.3 Å². The van der Waals surface area contributed by atoms with Crippen molar-refractivity contribution in [1.29, 1.82) is 0 Å². The van der Waals surface area contributed by atoms with E-state index in [0.717, 1.165) is 16.9 Å². The first kappa shape index (κ1) is 11.8. The van der Waals surface area contributed by atoms with Crippen LogP contribution in [0.4, 0.5) is 0 Å². The van der Waals surface area contributed by atoms with Crippen molar-refractivity contribution < 1.29 is 0 Å². The van der Waals surface area contributed by atoms with Crippen LogP contribution in [0.25, 0.3) is 10.2 Å². The molecule has 2 heterocycles. The SMILES string of the molecule is NNC(Cc1nc2ccccc2s1)c1cccs1. The number of hydrogen-bond donors (Lipinski definition) is 2. The highest BCUT2D eigenvalue weighted by molar-refractivity contribution is 7.18. The van der Waals surface area contributed by atoms with Gasteiger partial charge in [-0.05, 0) is 23.6 Å². The summed E-state index contributed by atoms with van der Waals surface area (Å²) in [5, 5.41) is 3.19. The molecular weight excluding hydrogens is 262 g/mol. The maximum absolute atomic E-state index is 5.64. The van der Waals surface area contributed by atoms with Gasteiger partial charge in [0.25, 0.3) is 0 Å². The summed E-state index contributed by atoms with van der Waals surface area (Å²) in [6.07, 6.45) is 0.830. The molecule has 1 aromatic carbocycles. The molecule has 2 aromatic heterocycles. The zero-order chi connectivity index (χ0) is 12.4. The maximum Gasteiger partial charge on any atom is 0.0958 e. The Morgan fingerprint density at radius 1 is 1.22 bits per heavy atom. The Morgan fingerprint density at radius 3 is 2.83 bits per heavy atom.